The molecule has 124 valence electrons. The number of aromatic amines is 1. The van der Waals surface area contributed by atoms with Crippen LogP contribution in [0.25, 0.3) is 0 Å². The van der Waals surface area contributed by atoms with Crippen molar-refractivity contribution in [3.05, 3.63) is 29.7 Å². The van der Waals surface area contributed by atoms with E-state index in [4.69, 9.17) is 9.26 Å². The first kappa shape index (κ1) is 15.7. The predicted molar refractivity (Wildman–Crippen MR) is 80.7 cm³/mol. The molecule has 23 heavy (non-hydrogen) atoms. The van der Waals surface area contributed by atoms with Crippen molar-refractivity contribution < 1.29 is 14.1 Å². The zero-order valence-corrected chi connectivity index (χ0v) is 13.3. The lowest BCUT2D eigenvalue weighted by molar-refractivity contribution is 0.0467. The molecule has 1 fully saturated rings. The van der Waals surface area contributed by atoms with Gasteiger partial charge in [0.25, 0.3) is 5.91 Å². The van der Waals surface area contributed by atoms with Crippen LogP contribution in [0.1, 0.15) is 60.9 Å². The topological polar surface area (TPSA) is 106 Å². The number of amides is 1. The summed E-state index contributed by atoms with van der Waals surface area (Å²) in [7, 11) is 0. The second-order valence-electron chi connectivity index (χ2n) is 6.02. The molecule has 1 amide bonds. The smallest absolute Gasteiger partial charge is 0.269 e. The van der Waals surface area contributed by atoms with Gasteiger partial charge in [-0.05, 0) is 24.8 Å². The Hall–Kier alpha value is -2.22. The molecule has 0 bridgehead atoms. The summed E-state index contributed by atoms with van der Waals surface area (Å²) < 4.78 is 10.8. The van der Waals surface area contributed by atoms with E-state index < -0.39 is 0 Å². The van der Waals surface area contributed by atoms with Gasteiger partial charge >= 0.3 is 0 Å². The van der Waals surface area contributed by atoms with E-state index in [-0.39, 0.29) is 23.8 Å². The van der Waals surface area contributed by atoms with Crippen LogP contribution in [0, 0.1) is 5.92 Å². The fourth-order valence-corrected chi connectivity index (χ4v) is 2.64. The molecule has 0 saturated carbocycles. The number of hydrogen-bond acceptors (Lipinski definition) is 6. The number of ether oxygens (including phenoxy) is 1. The van der Waals surface area contributed by atoms with E-state index in [1.54, 1.807) is 12.3 Å². The molecule has 8 heteroatoms. The maximum Gasteiger partial charge on any atom is 0.269 e. The highest BCUT2D eigenvalue weighted by Gasteiger charge is 2.32. The highest BCUT2D eigenvalue weighted by Crippen LogP contribution is 2.30. The monoisotopic (exact) mass is 319 g/mol. The molecule has 0 aromatic carbocycles. The van der Waals surface area contributed by atoms with Gasteiger partial charge in [-0.1, -0.05) is 19.0 Å². The van der Waals surface area contributed by atoms with E-state index in [0.717, 1.165) is 12.8 Å². The zero-order chi connectivity index (χ0) is 16.2. The van der Waals surface area contributed by atoms with E-state index in [9.17, 15) is 4.79 Å². The third kappa shape index (κ3) is 3.58. The number of rotatable bonds is 5. The number of nitrogens with one attached hydrogen (secondary N) is 2. The predicted octanol–water partition coefficient (Wildman–Crippen LogP) is 1.81. The average Bonchev–Trinajstić information content (AvgIpc) is 3.24. The number of aromatic nitrogens is 4. The number of hydrogen-bond donors (Lipinski definition) is 2. The molecule has 0 aliphatic carbocycles. The Morgan fingerprint density at radius 1 is 1.39 bits per heavy atom. The van der Waals surface area contributed by atoms with Crippen LogP contribution in [0.3, 0.4) is 0 Å². The normalized spacial score (nSPS) is 17.3. The molecule has 1 aliphatic rings. The highest BCUT2D eigenvalue weighted by atomic mass is 16.5. The molecule has 0 radical (unpaired) electrons. The third-order valence-electron chi connectivity index (χ3n) is 4.01. The van der Waals surface area contributed by atoms with Gasteiger partial charge < -0.3 is 14.6 Å². The van der Waals surface area contributed by atoms with Gasteiger partial charge in [-0.15, -0.1) is 0 Å². The van der Waals surface area contributed by atoms with Gasteiger partial charge in [0.15, 0.2) is 5.82 Å². The molecule has 2 aromatic heterocycles. The minimum Gasteiger partial charge on any atom is -0.381 e. The summed E-state index contributed by atoms with van der Waals surface area (Å²) in [6.07, 6.45) is 3.22. The largest absolute Gasteiger partial charge is 0.381 e. The first-order chi connectivity index (χ1) is 11.1. The summed E-state index contributed by atoms with van der Waals surface area (Å²) in [4.78, 5) is 16.8. The fourth-order valence-electron chi connectivity index (χ4n) is 2.64. The van der Waals surface area contributed by atoms with Crippen molar-refractivity contribution >= 4 is 5.91 Å². The van der Waals surface area contributed by atoms with Crippen molar-refractivity contribution in [2.75, 3.05) is 13.2 Å². The van der Waals surface area contributed by atoms with Crippen LogP contribution in [-0.2, 0) is 4.74 Å². The van der Waals surface area contributed by atoms with Gasteiger partial charge in [0.2, 0.25) is 5.89 Å². The number of nitrogens with zero attached hydrogens (tertiary/aromatic N) is 3. The lowest BCUT2D eigenvalue weighted by Gasteiger charge is -2.28. The van der Waals surface area contributed by atoms with Crippen molar-refractivity contribution in [3.63, 3.8) is 0 Å². The SMILES string of the molecule is CC(C)c1noc(C(NC(=O)c2ccn[nH]2)C2CCOCC2)n1. The van der Waals surface area contributed by atoms with E-state index >= 15 is 0 Å². The van der Waals surface area contributed by atoms with Crippen molar-refractivity contribution in [1.29, 1.82) is 0 Å². The van der Waals surface area contributed by atoms with Gasteiger partial charge in [-0.3, -0.25) is 9.89 Å². The summed E-state index contributed by atoms with van der Waals surface area (Å²) in [5, 5.41) is 13.5. The molecule has 2 N–H and O–H groups in total. The van der Waals surface area contributed by atoms with Crippen molar-refractivity contribution in [2.24, 2.45) is 5.92 Å². The quantitative estimate of drug-likeness (QED) is 0.870. The highest BCUT2D eigenvalue weighted by molar-refractivity contribution is 5.92. The van der Waals surface area contributed by atoms with Crippen LogP contribution < -0.4 is 5.32 Å². The average molecular weight is 319 g/mol. The molecule has 3 rings (SSSR count). The molecule has 1 unspecified atom stereocenters. The summed E-state index contributed by atoms with van der Waals surface area (Å²) in [6, 6.07) is 1.30. The van der Waals surface area contributed by atoms with Crippen LogP contribution in [-0.4, -0.2) is 39.5 Å². The lowest BCUT2D eigenvalue weighted by atomic mass is 9.91. The molecule has 3 heterocycles. The Balaban J connectivity index is 1.81. The maximum absolute atomic E-state index is 12.4. The molecule has 2 aromatic rings. The van der Waals surface area contributed by atoms with Crippen LogP contribution in [0.15, 0.2) is 16.8 Å². The number of carbonyl (C=O) groups is 1. The van der Waals surface area contributed by atoms with Crippen LogP contribution in [0.2, 0.25) is 0 Å². The Morgan fingerprint density at radius 3 is 2.78 bits per heavy atom. The van der Waals surface area contributed by atoms with Gasteiger partial charge in [0.05, 0.1) is 0 Å². The Bertz CT molecular complexity index is 631. The van der Waals surface area contributed by atoms with Crippen molar-refractivity contribution in [2.45, 2.75) is 38.6 Å². The lowest BCUT2D eigenvalue weighted by Crippen LogP contribution is -2.36. The van der Waals surface area contributed by atoms with Crippen LogP contribution >= 0.6 is 0 Å². The zero-order valence-electron chi connectivity index (χ0n) is 13.3. The maximum atomic E-state index is 12.4. The minimum absolute atomic E-state index is 0.172. The molecule has 0 spiro atoms. The summed E-state index contributed by atoms with van der Waals surface area (Å²) >= 11 is 0. The molecule has 1 aliphatic heterocycles. The number of carbonyl (C=O) groups excluding carboxylic acids is 1. The fraction of sp³-hybridized carbons (Fsp3) is 0.600. The molecule has 8 nitrogen and oxygen atoms in total. The number of H-pyrrole nitrogens is 1. The molecule has 1 saturated heterocycles. The summed E-state index contributed by atoms with van der Waals surface area (Å²) in [6.45, 7) is 5.35. The Labute approximate surface area is 134 Å². The molecular formula is C15H21N5O3. The second kappa shape index (κ2) is 6.91. The van der Waals surface area contributed by atoms with Gasteiger partial charge in [0.1, 0.15) is 11.7 Å². The Morgan fingerprint density at radius 2 is 2.17 bits per heavy atom. The molecular weight excluding hydrogens is 298 g/mol. The summed E-state index contributed by atoms with van der Waals surface area (Å²) in [5.74, 6) is 1.24. The standard InChI is InChI=1S/C15H21N5O3/c1-9(2)13-18-15(23-20-13)12(10-4-7-22-8-5-10)17-14(21)11-3-6-16-19-11/h3,6,9-10,12H,4-5,7-8H2,1-2H3,(H,16,19)(H,17,21). The minimum atomic E-state index is -0.324. The first-order valence-corrected chi connectivity index (χ1v) is 7.86. The Kier molecular flexibility index (Phi) is 4.71. The summed E-state index contributed by atoms with van der Waals surface area (Å²) in [5.41, 5.74) is 0.408. The van der Waals surface area contributed by atoms with Gasteiger partial charge in [-0.25, -0.2) is 0 Å². The van der Waals surface area contributed by atoms with Crippen molar-refractivity contribution in [3.8, 4) is 0 Å². The van der Waals surface area contributed by atoms with E-state index in [1.807, 2.05) is 13.8 Å². The third-order valence-corrected chi connectivity index (χ3v) is 4.01. The van der Waals surface area contributed by atoms with Gasteiger partial charge in [-0.2, -0.15) is 10.1 Å². The second-order valence-corrected chi connectivity index (χ2v) is 6.02. The van der Waals surface area contributed by atoms with E-state index in [0.29, 0.717) is 30.6 Å². The van der Waals surface area contributed by atoms with Crippen LogP contribution in [0.5, 0.6) is 0 Å². The first-order valence-electron chi connectivity index (χ1n) is 7.86. The van der Waals surface area contributed by atoms with Crippen LogP contribution in [0.4, 0.5) is 0 Å². The van der Waals surface area contributed by atoms with Gasteiger partial charge in [0, 0.05) is 25.3 Å². The van der Waals surface area contributed by atoms with E-state index in [1.165, 1.54) is 0 Å². The van der Waals surface area contributed by atoms with E-state index in [2.05, 4.69) is 25.7 Å². The molecule has 1 atom stereocenters. The van der Waals surface area contributed by atoms with Crippen molar-refractivity contribution in [1.82, 2.24) is 25.7 Å².